The predicted octanol–water partition coefficient (Wildman–Crippen LogP) is 3.34. The Morgan fingerprint density at radius 1 is 1.13 bits per heavy atom. The van der Waals surface area contributed by atoms with Crippen LogP contribution < -0.4 is 0 Å². The maximum atomic E-state index is 13.5. The molecule has 0 bridgehead atoms. The van der Waals surface area contributed by atoms with Crippen molar-refractivity contribution in [3.05, 3.63) is 66.5 Å². The first-order chi connectivity index (χ1) is 15.2. The van der Waals surface area contributed by atoms with E-state index >= 15 is 0 Å². The van der Waals surface area contributed by atoms with Crippen LogP contribution in [0.3, 0.4) is 0 Å². The molecule has 2 fully saturated rings. The highest BCUT2D eigenvalue weighted by atomic mass is 16.6. The Kier molecular flexibility index (Phi) is 5.29. The summed E-state index contributed by atoms with van der Waals surface area (Å²) in [7, 11) is 0. The average molecular weight is 418 g/mol. The SMILES string of the molecule is CCC1CN(C(=O)c2nc(-c3ccccc3)n(-c3ccccc3)n2)CC2(CCOC2)O1. The Morgan fingerprint density at radius 3 is 2.55 bits per heavy atom. The lowest BCUT2D eigenvalue weighted by Gasteiger charge is -2.43. The molecule has 1 amide bonds. The van der Waals surface area contributed by atoms with Crippen molar-refractivity contribution in [2.75, 3.05) is 26.3 Å². The third-order valence-electron chi connectivity index (χ3n) is 5.96. The van der Waals surface area contributed by atoms with Crippen LogP contribution in [0, 0.1) is 0 Å². The summed E-state index contributed by atoms with van der Waals surface area (Å²) in [5, 5.41) is 4.64. The zero-order valence-corrected chi connectivity index (χ0v) is 17.6. The number of nitrogens with zero attached hydrogens (tertiary/aromatic N) is 4. The first-order valence-electron chi connectivity index (χ1n) is 10.8. The number of carbonyl (C=O) groups is 1. The minimum atomic E-state index is -0.418. The fourth-order valence-electron chi connectivity index (χ4n) is 4.33. The van der Waals surface area contributed by atoms with Gasteiger partial charge in [0.15, 0.2) is 5.82 Å². The van der Waals surface area contributed by atoms with Gasteiger partial charge in [-0.3, -0.25) is 4.79 Å². The fraction of sp³-hybridized carbons (Fsp3) is 0.375. The van der Waals surface area contributed by atoms with Crippen molar-refractivity contribution in [3.8, 4) is 17.1 Å². The lowest BCUT2D eigenvalue weighted by Crippen LogP contribution is -2.57. The lowest BCUT2D eigenvalue weighted by molar-refractivity contribution is -0.145. The molecule has 0 N–H and O–H groups in total. The lowest BCUT2D eigenvalue weighted by atomic mass is 9.98. The molecule has 5 rings (SSSR count). The van der Waals surface area contributed by atoms with Gasteiger partial charge in [0.1, 0.15) is 5.60 Å². The van der Waals surface area contributed by atoms with E-state index < -0.39 is 5.60 Å². The van der Waals surface area contributed by atoms with E-state index in [2.05, 4.69) is 17.0 Å². The Morgan fingerprint density at radius 2 is 1.87 bits per heavy atom. The minimum Gasteiger partial charge on any atom is -0.378 e. The monoisotopic (exact) mass is 418 g/mol. The van der Waals surface area contributed by atoms with Gasteiger partial charge in [-0.05, 0) is 18.6 Å². The van der Waals surface area contributed by atoms with E-state index in [1.165, 1.54) is 0 Å². The number of hydrogen-bond acceptors (Lipinski definition) is 5. The third-order valence-corrected chi connectivity index (χ3v) is 5.96. The molecule has 7 nitrogen and oxygen atoms in total. The maximum Gasteiger partial charge on any atom is 0.293 e. The smallest absolute Gasteiger partial charge is 0.293 e. The molecule has 1 aromatic heterocycles. The number of morpholine rings is 1. The molecule has 0 saturated carbocycles. The molecule has 0 aliphatic carbocycles. The van der Waals surface area contributed by atoms with Crippen LogP contribution in [0.4, 0.5) is 0 Å². The highest BCUT2D eigenvalue weighted by molar-refractivity contribution is 5.91. The molecule has 2 atom stereocenters. The summed E-state index contributed by atoms with van der Waals surface area (Å²) in [6.07, 6.45) is 1.63. The van der Waals surface area contributed by atoms with Crippen LogP contribution in [0.25, 0.3) is 17.1 Å². The van der Waals surface area contributed by atoms with Crippen molar-refractivity contribution in [2.24, 2.45) is 0 Å². The van der Waals surface area contributed by atoms with Gasteiger partial charge in [0.25, 0.3) is 5.91 Å². The number of amides is 1. The second-order valence-electron chi connectivity index (χ2n) is 8.19. The van der Waals surface area contributed by atoms with E-state index in [4.69, 9.17) is 9.47 Å². The molecule has 2 aromatic carbocycles. The summed E-state index contributed by atoms with van der Waals surface area (Å²) in [6.45, 7) is 4.31. The highest BCUT2D eigenvalue weighted by Crippen LogP contribution is 2.32. The van der Waals surface area contributed by atoms with Crippen molar-refractivity contribution in [1.29, 1.82) is 0 Å². The molecule has 3 aromatic rings. The first-order valence-corrected chi connectivity index (χ1v) is 10.8. The number of carbonyl (C=O) groups excluding carboxylic acids is 1. The van der Waals surface area contributed by atoms with Gasteiger partial charge in [-0.25, -0.2) is 9.67 Å². The van der Waals surface area contributed by atoms with Crippen LogP contribution in [0.1, 0.15) is 30.4 Å². The summed E-state index contributed by atoms with van der Waals surface area (Å²) in [5.74, 6) is 0.683. The van der Waals surface area contributed by atoms with Crippen molar-refractivity contribution >= 4 is 5.91 Å². The van der Waals surface area contributed by atoms with Gasteiger partial charge in [-0.2, -0.15) is 0 Å². The number of para-hydroxylation sites is 1. The number of ether oxygens (including phenoxy) is 2. The van der Waals surface area contributed by atoms with Crippen LogP contribution in [0.2, 0.25) is 0 Å². The normalized spacial score (nSPS) is 23.4. The molecule has 2 aliphatic heterocycles. The Hall–Kier alpha value is -3.03. The second kappa shape index (κ2) is 8.24. The largest absolute Gasteiger partial charge is 0.378 e. The summed E-state index contributed by atoms with van der Waals surface area (Å²) in [6, 6.07) is 19.6. The summed E-state index contributed by atoms with van der Waals surface area (Å²) in [4.78, 5) is 20.0. The van der Waals surface area contributed by atoms with E-state index in [1.807, 2.05) is 65.6 Å². The summed E-state index contributed by atoms with van der Waals surface area (Å²) >= 11 is 0. The molecule has 7 heteroatoms. The fourth-order valence-corrected chi connectivity index (χ4v) is 4.33. The minimum absolute atomic E-state index is 0.01000. The van der Waals surface area contributed by atoms with Crippen LogP contribution in [-0.2, 0) is 9.47 Å². The average Bonchev–Trinajstić information content (AvgIpc) is 3.47. The van der Waals surface area contributed by atoms with E-state index in [9.17, 15) is 4.79 Å². The van der Waals surface area contributed by atoms with Gasteiger partial charge in [-0.15, -0.1) is 5.10 Å². The molecule has 2 aliphatic rings. The van der Waals surface area contributed by atoms with Gasteiger partial charge < -0.3 is 14.4 Å². The van der Waals surface area contributed by atoms with Crippen LogP contribution in [0.15, 0.2) is 60.7 Å². The number of benzene rings is 2. The van der Waals surface area contributed by atoms with E-state index in [-0.39, 0.29) is 17.8 Å². The number of hydrogen-bond donors (Lipinski definition) is 0. The standard InChI is InChI=1S/C24H26N4O3/c1-2-20-15-27(16-24(31-20)13-14-30-17-24)23(29)21-25-22(18-9-5-3-6-10-18)28(26-21)19-11-7-4-8-12-19/h3-12,20H,2,13-17H2,1H3. The molecule has 0 radical (unpaired) electrons. The molecule has 1 spiro atoms. The molecule has 2 saturated heterocycles. The quantitative estimate of drug-likeness (QED) is 0.650. The number of rotatable bonds is 4. The topological polar surface area (TPSA) is 69.5 Å². The molecular weight excluding hydrogens is 392 g/mol. The van der Waals surface area contributed by atoms with Gasteiger partial charge in [0.05, 0.1) is 24.9 Å². The van der Waals surface area contributed by atoms with Gasteiger partial charge in [-0.1, -0.05) is 55.5 Å². The highest BCUT2D eigenvalue weighted by Gasteiger charge is 2.45. The third kappa shape index (κ3) is 3.86. The van der Waals surface area contributed by atoms with E-state index in [0.717, 1.165) is 24.1 Å². The van der Waals surface area contributed by atoms with Crippen molar-refractivity contribution in [3.63, 3.8) is 0 Å². The van der Waals surface area contributed by atoms with Crippen LogP contribution in [-0.4, -0.2) is 63.6 Å². The van der Waals surface area contributed by atoms with E-state index in [0.29, 0.717) is 32.1 Å². The maximum absolute atomic E-state index is 13.5. The van der Waals surface area contributed by atoms with Gasteiger partial charge >= 0.3 is 0 Å². The Labute approximate surface area is 181 Å². The molecule has 31 heavy (non-hydrogen) atoms. The van der Waals surface area contributed by atoms with Crippen LogP contribution >= 0.6 is 0 Å². The Bertz CT molecular complexity index is 988. The van der Waals surface area contributed by atoms with Crippen molar-refractivity contribution in [2.45, 2.75) is 31.5 Å². The predicted molar refractivity (Wildman–Crippen MR) is 116 cm³/mol. The molecular formula is C24H26N4O3. The van der Waals surface area contributed by atoms with E-state index in [1.54, 1.807) is 4.68 Å². The zero-order valence-electron chi connectivity index (χ0n) is 17.6. The molecule has 2 unspecified atom stereocenters. The molecule has 3 heterocycles. The zero-order chi connectivity index (χ0) is 21.3. The summed E-state index contributed by atoms with van der Waals surface area (Å²) < 4.78 is 13.7. The van der Waals surface area contributed by atoms with Gasteiger partial charge in [0, 0.05) is 25.1 Å². The van der Waals surface area contributed by atoms with Crippen molar-refractivity contribution in [1.82, 2.24) is 19.7 Å². The first kappa shape index (κ1) is 19.9. The number of aromatic nitrogens is 3. The summed E-state index contributed by atoms with van der Waals surface area (Å²) in [5.41, 5.74) is 1.35. The van der Waals surface area contributed by atoms with Gasteiger partial charge in [0.2, 0.25) is 5.82 Å². The van der Waals surface area contributed by atoms with Crippen molar-refractivity contribution < 1.29 is 14.3 Å². The van der Waals surface area contributed by atoms with Crippen LogP contribution in [0.5, 0.6) is 0 Å². The second-order valence-corrected chi connectivity index (χ2v) is 8.19. The Balaban J connectivity index is 1.51. The molecule has 160 valence electrons.